The first-order valence-corrected chi connectivity index (χ1v) is 7.09. The molecule has 1 aliphatic heterocycles. The van der Waals surface area contributed by atoms with Crippen LogP contribution in [0.2, 0.25) is 0 Å². The average Bonchev–Trinajstić information content (AvgIpc) is 2.30. The van der Waals surface area contributed by atoms with E-state index in [1.807, 2.05) is 7.05 Å². The zero-order valence-electron chi connectivity index (χ0n) is 11.7. The van der Waals surface area contributed by atoms with Crippen LogP contribution in [0.3, 0.4) is 0 Å². The summed E-state index contributed by atoms with van der Waals surface area (Å²) in [5.41, 5.74) is 0. The highest BCUT2D eigenvalue weighted by Crippen LogP contribution is 2.19. The highest BCUT2D eigenvalue weighted by Gasteiger charge is 2.23. The number of rotatable bonds is 6. The first kappa shape index (κ1) is 14.5. The highest BCUT2D eigenvalue weighted by atomic mass is 16.2. The second-order valence-corrected chi connectivity index (χ2v) is 5.50. The normalized spacial score (nSPS) is 22.5. The SMILES string of the molecule is CCCC(C)CC(=O)N1CCCC(CNC)C1. The van der Waals surface area contributed by atoms with Crippen molar-refractivity contribution in [3.8, 4) is 0 Å². The lowest BCUT2D eigenvalue weighted by Gasteiger charge is -2.33. The first-order chi connectivity index (χ1) is 8.17. The summed E-state index contributed by atoms with van der Waals surface area (Å²) in [4.78, 5) is 14.2. The van der Waals surface area contributed by atoms with Crippen molar-refractivity contribution in [2.75, 3.05) is 26.7 Å². The largest absolute Gasteiger partial charge is 0.342 e. The van der Waals surface area contributed by atoms with Crippen LogP contribution in [0.25, 0.3) is 0 Å². The highest BCUT2D eigenvalue weighted by molar-refractivity contribution is 5.76. The van der Waals surface area contributed by atoms with Crippen LogP contribution in [0.4, 0.5) is 0 Å². The van der Waals surface area contributed by atoms with Gasteiger partial charge in [0.15, 0.2) is 0 Å². The molecule has 0 aromatic rings. The summed E-state index contributed by atoms with van der Waals surface area (Å²) in [6.07, 6.45) is 5.51. The molecule has 1 saturated heterocycles. The van der Waals surface area contributed by atoms with E-state index in [1.54, 1.807) is 0 Å². The molecule has 1 N–H and O–H groups in total. The molecule has 100 valence electrons. The van der Waals surface area contributed by atoms with Gasteiger partial charge < -0.3 is 10.2 Å². The molecule has 0 spiro atoms. The van der Waals surface area contributed by atoms with E-state index in [0.29, 0.717) is 17.7 Å². The van der Waals surface area contributed by atoms with Gasteiger partial charge in [-0.2, -0.15) is 0 Å². The minimum Gasteiger partial charge on any atom is -0.342 e. The van der Waals surface area contributed by atoms with Crippen molar-refractivity contribution in [3.05, 3.63) is 0 Å². The van der Waals surface area contributed by atoms with Crippen LogP contribution in [0.5, 0.6) is 0 Å². The van der Waals surface area contributed by atoms with Gasteiger partial charge in [0.05, 0.1) is 0 Å². The molecule has 3 nitrogen and oxygen atoms in total. The number of nitrogens with one attached hydrogen (secondary N) is 1. The predicted molar refractivity (Wildman–Crippen MR) is 71.9 cm³/mol. The standard InChI is InChI=1S/C14H28N2O/c1-4-6-12(2)9-14(17)16-8-5-7-13(11-16)10-15-3/h12-13,15H,4-11H2,1-3H3. The van der Waals surface area contributed by atoms with Crippen molar-refractivity contribution >= 4 is 5.91 Å². The number of likely N-dealkylation sites (tertiary alicyclic amines) is 1. The summed E-state index contributed by atoms with van der Waals surface area (Å²) in [5.74, 6) is 1.56. The molecular formula is C14H28N2O. The van der Waals surface area contributed by atoms with Gasteiger partial charge in [-0.25, -0.2) is 0 Å². The molecule has 2 atom stereocenters. The second kappa shape index (κ2) is 7.70. The Morgan fingerprint density at radius 2 is 2.29 bits per heavy atom. The lowest BCUT2D eigenvalue weighted by molar-refractivity contribution is -0.133. The maximum atomic E-state index is 12.1. The minimum absolute atomic E-state index is 0.367. The molecule has 0 aromatic heterocycles. The van der Waals surface area contributed by atoms with Gasteiger partial charge >= 0.3 is 0 Å². The number of carbonyl (C=O) groups is 1. The van der Waals surface area contributed by atoms with Crippen LogP contribution >= 0.6 is 0 Å². The molecule has 3 heteroatoms. The summed E-state index contributed by atoms with van der Waals surface area (Å²) >= 11 is 0. The zero-order valence-corrected chi connectivity index (χ0v) is 11.7. The topological polar surface area (TPSA) is 32.3 Å². The van der Waals surface area contributed by atoms with Crippen LogP contribution in [-0.2, 0) is 4.79 Å². The second-order valence-electron chi connectivity index (χ2n) is 5.50. The van der Waals surface area contributed by atoms with E-state index in [2.05, 4.69) is 24.1 Å². The number of piperidine rings is 1. The molecule has 0 saturated carbocycles. The van der Waals surface area contributed by atoms with Crippen molar-refractivity contribution in [3.63, 3.8) is 0 Å². The van der Waals surface area contributed by atoms with Gasteiger partial charge in [0.2, 0.25) is 5.91 Å². The quantitative estimate of drug-likeness (QED) is 0.772. The molecule has 1 amide bonds. The van der Waals surface area contributed by atoms with Gasteiger partial charge in [0, 0.05) is 19.5 Å². The number of carbonyl (C=O) groups excluding carboxylic acids is 1. The first-order valence-electron chi connectivity index (χ1n) is 7.09. The maximum Gasteiger partial charge on any atom is 0.222 e. The van der Waals surface area contributed by atoms with E-state index in [9.17, 15) is 4.79 Å². The number of amides is 1. The molecule has 1 fully saturated rings. The Hall–Kier alpha value is -0.570. The molecule has 1 aliphatic rings. The van der Waals surface area contributed by atoms with Crippen LogP contribution in [0.15, 0.2) is 0 Å². The fourth-order valence-corrected chi connectivity index (χ4v) is 2.77. The summed E-state index contributed by atoms with van der Waals surface area (Å²) in [6, 6.07) is 0. The summed E-state index contributed by atoms with van der Waals surface area (Å²) in [6.45, 7) is 7.34. The van der Waals surface area contributed by atoms with E-state index in [4.69, 9.17) is 0 Å². The Labute approximate surface area is 106 Å². The minimum atomic E-state index is 0.367. The Morgan fingerprint density at radius 1 is 1.53 bits per heavy atom. The fraction of sp³-hybridized carbons (Fsp3) is 0.929. The van der Waals surface area contributed by atoms with E-state index < -0.39 is 0 Å². The van der Waals surface area contributed by atoms with Gasteiger partial charge in [-0.15, -0.1) is 0 Å². The lowest BCUT2D eigenvalue weighted by atomic mass is 9.96. The third-order valence-corrected chi connectivity index (χ3v) is 3.67. The average molecular weight is 240 g/mol. The van der Waals surface area contributed by atoms with Crippen molar-refractivity contribution < 1.29 is 4.79 Å². The Kier molecular flexibility index (Phi) is 6.56. The Bertz CT molecular complexity index is 228. The van der Waals surface area contributed by atoms with E-state index in [1.165, 1.54) is 25.7 Å². The van der Waals surface area contributed by atoms with Gasteiger partial charge in [-0.1, -0.05) is 26.7 Å². The van der Waals surface area contributed by atoms with Gasteiger partial charge in [-0.05, 0) is 38.3 Å². The van der Waals surface area contributed by atoms with E-state index in [-0.39, 0.29) is 0 Å². The van der Waals surface area contributed by atoms with Crippen LogP contribution < -0.4 is 5.32 Å². The number of hydrogen-bond donors (Lipinski definition) is 1. The Morgan fingerprint density at radius 3 is 2.94 bits per heavy atom. The van der Waals surface area contributed by atoms with E-state index in [0.717, 1.165) is 26.1 Å². The molecule has 0 aliphatic carbocycles. The summed E-state index contributed by atoms with van der Waals surface area (Å²) in [5, 5.41) is 3.22. The third-order valence-electron chi connectivity index (χ3n) is 3.67. The zero-order chi connectivity index (χ0) is 12.7. The van der Waals surface area contributed by atoms with Crippen LogP contribution in [0, 0.1) is 11.8 Å². The van der Waals surface area contributed by atoms with Gasteiger partial charge in [0.1, 0.15) is 0 Å². The molecule has 2 unspecified atom stereocenters. The molecule has 0 radical (unpaired) electrons. The third kappa shape index (κ3) is 5.07. The molecule has 0 bridgehead atoms. The molecule has 1 rings (SSSR count). The van der Waals surface area contributed by atoms with Gasteiger partial charge in [0.25, 0.3) is 0 Å². The fourth-order valence-electron chi connectivity index (χ4n) is 2.77. The molecule has 17 heavy (non-hydrogen) atoms. The van der Waals surface area contributed by atoms with Crippen molar-refractivity contribution in [1.82, 2.24) is 10.2 Å². The molecule has 1 heterocycles. The number of hydrogen-bond acceptors (Lipinski definition) is 2. The van der Waals surface area contributed by atoms with Crippen LogP contribution in [-0.4, -0.2) is 37.5 Å². The summed E-state index contributed by atoms with van der Waals surface area (Å²) < 4.78 is 0. The van der Waals surface area contributed by atoms with E-state index >= 15 is 0 Å². The van der Waals surface area contributed by atoms with Gasteiger partial charge in [-0.3, -0.25) is 4.79 Å². The van der Waals surface area contributed by atoms with Crippen molar-refractivity contribution in [1.29, 1.82) is 0 Å². The number of nitrogens with zero attached hydrogens (tertiary/aromatic N) is 1. The smallest absolute Gasteiger partial charge is 0.222 e. The Balaban J connectivity index is 2.35. The van der Waals surface area contributed by atoms with Crippen LogP contribution in [0.1, 0.15) is 46.0 Å². The lowest BCUT2D eigenvalue weighted by Crippen LogP contribution is -2.42. The summed E-state index contributed by atoms with van der Waals surface area (Å²) in [7, 11) is 1.99. The van der Waals surface area contributed by atoms with Crippen molar-refractivity contribution in [2.24, 2.45) is 11.8 Å². The molecular weight excluding hydrogens is 212 g/mol. The maximum absolute atomic E-state index is 12.1. The molecule has 0 aromatic carbocycles. The predicted octanol–water partition coefficient (Wildman–Crippen LogP) is 2.27. The van der Waals surface area contributed by atoms with Crippen molar-refractivity contribution in [2.45, 2.75) is 46.0 Å². The monoisotopic (exact) mass is 240 g/mol.